The maximum absolute atomic E-state index is 9.78. The summed E-state index contributed by atoms with van der Waals surface area (Å²) in [5.74, 6) is 0. The van der Waals surface area contributed by atoms with Gasteiger partial charge in [-0.25, -0.2) is 0 Å². The molecule has 0 saturated heterocycles. The molecule has 0 aliphatic heterocycles. The standard InChI is InChI=1S/C3H8O4Se/c4-2-1-3-7-8(5)6/h4H,1-3H2,(H,5,6). The van der Waals surface area contributed by atoms with Gasteiger partial charge in [-0.2, -0.15) is 0 Å². The van der Waals surface area contributed by atoms with Crippen molar-refractivity contribution in [2.75, 3.05) is 13.2 Å². The van der Waals surface area contributed by atoms with Gasteiger partial charge in [0, 0.05) is 0 Å². The molecule has 0 amide bonds. The number of hydrogen-bond donors (Lipinski definition) is 2. The Morgan fingerprint density at radius 2 is 2.25 bits per heavy atom. The van der Waals surface area contributed by atoms with E-state index >= 15 is 0 Å². The molecule has 8 heavy (non-hydrogen) atoms. The van der Waals surface area contributed by atoms with Crippen molar-refractivity contribution in [3.63, 3.8) is 0 Å². The summed E-state index contributed by atoms with van der Waals surface area (Å²) in [5.41, 5.74) is 0. The summed E-state index contributed by atoms with van der Waals surface area (Å²) >= 11 is -2.95. The molecule has 0 aromatic rings. The van der Waals surface area contributed by atoms with Crippen LogP contribution in [0.25, 0.3) is 0 Å². The Morgan fingerprint density at radius 1 is 1.62 bits per heavy atom. The molecular weight excluding hydrogens is 179 g/mol. The molecule has 0 aromatic heterocycles. The molecule has 0 bridgehead atoms. The van der Waals surface area contributed by atoms with Gasteiger partial charge in [-0.3, -0.25) is 0 Å². The van der Waals surface area contributed by atoms with Gasteiger partial charge in [0.05, 0.1) is 0 Å². The van der Waals surface area contributed by atoms with E-state index in [1.54, 1.807) is 0 Å². The summed E-state index contributed by atoms with van der Waals surface area (Å²) in [6.07, 6.45) is 0.419. The molecule has 0 saturated carbocycles. The van der Waals surface area contributed by atoms with Crippen molar-refractivity contribution in [1.82, 2.24) is 0 Å². The third-order valence-corrected chi connectivity index (χ3v) is 1.26. The zero-order valence-corrected chi connectivity index (χ0v) is 5.95. The van der Waals surface area contributed by atoms with Crippen molar-refractivity contribution < 1.29 is 16.9 Å². The van der Waals surface area contributed by atoms with E-state index in [0.717, 1.165) is 0 Å². The fraction of sp³-hybridized carbons (Fsp3) is 1.00. The molecule has 1 atom stereocenters. The number of rotatable bonds is 4. The second-order valence-corrected chi connectivity index (χ2v) is 2.52. The van der Waals surface area contributed by atoms with E-state index in [-0.39, 0.29) is 13.2 Å². The zero-order valence-electron chi connectivity index (χ0n) is 4.24. The van der Waals surface area contributed by atoms with Gasteiger partial charge in [0.1, 0.15) is 0 Å². The third-order valence-electron chi connectivity index (χ3n) is 0.487. The van der Waals surface area contributed by atoms with E-state index in [2.05, 4.69) is 3.82 Å². The van der Waals surface area contributed by atoms with Crippen molar-refractivity contribution in [2.24, 2.45) is 0 Å². The maximum atomic E-state index is 9.78. The number of aliphatic hydroxyl groups excluding tert-OH is 1. The Morgan fingerprint density at radius 3 is 2.62 bits per heavy atom. The predicted molar refractivity (Wildman–Crippen MR) is 26.3 cm³/mol. The van der Waals surface area contributed by atoms with Gasteiger partial charge in [-0.05, 0) is 0 Å². The van der Waals surface area contributed by atoms with Gasteiger partial charge in [-0.1, -0.05) is 0 Å². The van der Waals surface area contributed by atoms with Crippen LogP contribution in [0, 0.1) is 0 Å². The van der Waals surface area contributed by atoms with E-state index in [1.807, 2.05) is 0 Å². The fourth-order valence-corrected chi connectivity index (χ4v) is 0.741. The number of hydrogen-bond acceptors (Lipinski definition) is 3. The van der Waals surface area contributed by atoms with Crippen LogP contribution in [0.4, 0.5) is 0 Å². The van der Waals surface area contributed by atoms with E-state index in [1.165, 1.54) is 0 Å². The SMILES string of the molecule is O=[Se](O)OCCCO. The summed E-state index contributed by atoms with van der Waals surface area (Å²) in [6.45, 7) is 0.167. The summed E-state index contributed by atoms with van der Waals surface area (Å²) in [4.78, 5) is 0. The Bertz CT molecular complexity index is 73.7. The first kappa shape index (κ1) is 8.20. The van der Waals surface area contributed by atoms with Crippen LogP contribution in [0.2, 0.25) is 0 Å². The first-order valence-electron chi connectivity index (χ1n) is 2.12. The van der Waals surface area contributed by atoms with E-state index < -0.39 is 14.5 Å². The minimum absolute atomic E-state index is 0.00111. The molecule has 0 aliphatic rings. The molecule has 0 rings (SSSR count). The van der Waals surface area contributed by atoms with E-state index in [4.69, 9.17) is 9.30 Å². The first-order chi connectivity index (χ1) is 3.77. The molecule has 2 N–H and O–H groups in total. The molecule has 0 radical (unpaired) electrons. The van der Waals surface area contributed by atoms with Crippen LogP contribution in [0.15, 0.2) is 0 Å². The Kier molecular flexibility index (Phi) is 5.47. The minimum atomic E-state index is -2.95. The molecular formula is C3H8O4Se. The molecule has 0 aliphatic carbocycles. The van der Waals surface area contributed by atoms with Crippen LogP contribution in [0.3, 0.4) is 0 Å². The monoisotopic (exact) mass is 188 g/mol. The van der Waals surface area contributed by atoms with Crippen LogP contribution in [-0.2, 0) is 7.65 Å². The van der Waals surface area contributed by atoms with Crippen LogP contribution in [-0.4, -0.2) is 37.0 Å². The van der Waals surface area contributed by atoms with Gasteiger partial charge in [0.2, 0.25) is 0 Å². The normalized spacial score (nSPS) is 13.8. The van der Waals surface area contributed by atoms with Gasteiger partial charge in [0.15, 0.2) is 0 Å². The average Bonchev–Trinajstić information content (AvgIpc) is 1.66. The van der Waals surface area contributed by atoms with Crippen LogP contribution in [0.1, 0.15) is 6.42 Å². The summed E-state index contributed by atoms with van der Waals surface area (Å²) in [7, 11) is 0. The average molecular weight is 187 g/mol. The molecule has 0 spiro atoms. The number of aliphatic hydroxyl groups is 1. The van der Waals surface area contributed by atoms with Crippen molar-refractivity contribution in [1.29, 1.82) is 0 Å². The van der Waals surface area contributed by atoms with Gasteiger partial charge in [-0.15, -0.1) is 0 Å². The quantitative estimate of drug-likeness (QED) is 0.428. The molecule has 1 unspecified atom stereocenters. The Hall–Kier alpha value is 0.199. The summed E-state index contributed by atoms with van der Waals surface area (Å²) in [6, 6.07) is 0. The Balaban J connectivity index is 2.82. The predicted octanol–water partition coefficient (Wildman–Crippen LogP) is -1.21. The van der Waals surface area contributed by atoms with Gasteiger partial charge >= 0.3 is 51.1 Å². The van der Waals surface area contributed by atoms with Gasteiger partial charge < -0.3 is 0 Å². The first-order valence-corrected chi connectivity index (χ1v) is 4.29. The molecule has 5 heteroatoms. The molecule has 4 nitrogen and oxygen atoms in total. The third kappa shape index (κ3) is 6.20. The molecule has 0 fully saturated rings. The van der Waals surface area contributed by atoms with Crippen molar-refractivity contribution in [3.05, 3.63) is 0 Å². The van der Waals surface area contributed by atoms with E-state index in [0.29, 0.717) is 6.42 Å². The van der Waals surface area contributed by atoms with Crippen LogP contribution in [0.5, 0.6) is 0 Å². The van der Waals surface area contributed by atoms with E-state index in [9.17, 15) is 3.83 Å². The van der Waals surface area contributed by atoms with Gasteiger partial charge in [0.25, 0.3) is 0 Å². The van der Waals surface area contributed by atoms with Crippen molar-refractivity contribution in [2.45, 2.75) is 6.42 Å². The van der Waals surface area contributed by atoms with Crippen LogP contribution < -0.4 is 0 Å². The molecule has 0 heterocycles. The Labute approximate surface area is 51.8 Å². The van der Waals surface area contributed by atoms with Crippen LogP contribution >= 0.6 is 0 Å². The summed E-state index contributed by atoms with van der Waals surface area (Å²) in [5, 5.41) is 8.13. The zero-order chi connectivity index (χ0) is 6.41. The topological polar surface area (TPSA) is 66.8 Å². The van der Waals surface area contributed by atoms with Crippen molar-refractivity contribution >= 4 is 14.5 Å². The van der Waals surface area contributed by atoms with Crippen molar-refractivity contribution in [3.8, 4) is 0 Å². The molecule has 50 valence electrons. The molecule has 0 aromatic carbocycles. The fourth-order valence-electron chi connectivity index (χ4n) is 0.195. The second kappa shape index (κ2) is 5.34. The second-order valence-electron chi connectivity index (χ2n) is 1.12. The summed E-state index contributed by atoms with van der Waals surface area (Å²) < 4.78 is 22.1.